The number of nitrogens with zero attached hydrogens (tertiary/aromatic N) is 4. The summed E-state index contributed by atoms with van der Waals surface area (Å²) < 4.78 is 7.49. The van der Waals surface area contributed by atoms with E-state index >= 15 is 0 Å². The summed E-state index contributed by atoms with van der Waals surface area (Å²) in [6.45, 7) is 21.0. The molecule has 0 spiro atoms. The summed E-state index contributed by atoms with van der Waals surface area (Å²) in [7, 11) is 0. The maximum Gasteiger partial charge on any atom is 0.146 e. The van der Waals surface area contributed by atoms with E-state index < -0.39 is 0 Å². The Bertz CT molecular complexity index is 4420. The molecule has 0 aliphatic carbocycles. The molecule has 6 aromatic heterocycles. The first kappa shape index (κ1) is 38.8. The third-order valence-corrected chi connectivity index (χ3v) is 15.3. The predicted octanol–water partition coefficient (Wildman–Crippen LogP) is 17.2. The van der Waals surface area contributed by atoms with Crippen molar-refractivity contribution in [2.24, 2.45) is 0 Å². The quantitative estimate of drug-likeness (QED) is 0.170. The number of hydrogen-bond acceptors (Lipinski definition) is 1. The predicted molar refractivity (Wildman–Crippen MR) is 287 cm³/mol. The molecule has 8 aromatic carbocycles. The third-order valence-electron chi connectivity index (χ3n) is 15.3. The van der Waals surface area contributed by atoms with E-state index in [2.05, 4.69) is 227 Å². The van der Waals surface area contributed by atoms with E-state index in [4.69, 9.17) is 4.98 Å². The summed E-state index contributed by atoms with van der Waals surface area (Å²) in [5.74, 6) is 0. The molecule has 4 heteroatoms. The second-order valence-electron chi connectivity index (χ2n) is 22.5. The van der Waals surface area contributed by atoms with Crippen LogP contribution in [-0.4, -0.2) is 18.4 Å². The van der Waals surface area contributed by atoms with Gasteiger partial charge in [0.2, 0.25) is 0 Å². The van der Waals surface area contributed by atoms with Gasteiger partial charge in [-0.3, -0.25) is 4.40 Å². The highest BCUT2D eigenvalue weighted by Crippen LogP contribution is 2.51. The van der Waals surface area contributed by atoms with Crippen molar-refractivity contribution in [3.63, 3.8) is 0 Å². The van der Waals surface area contributed by atoms with Gasteiger partial charge in [-0.05, 0) is 122 Å². The number of hydrogen-bond donors (Lipinski definition) is 0. The molecule has 0 saturated heterocycles. The molecule has 0 bridgehead atoms. The van der Waals surface area contributed by atoms with Crippen LogP contribution in [0.15, 0.2) is 152 Å². The lowest BCUT2D eigenvalue weighted by atomic mass is 9.83. The molecule has 0 fully saturated rings. The van der Waals surface area contributed by atoms with Gasteiger partial charge in [-0.2, -0.15) is 0 Å². The van der Waals surface area contributed by atoms with Gasteiger partial charge in [0.25, 0.3) is 0 Å². The van der Waals surface area contributed by atoms with E-state index in [1.807, 2.05) is 0 Å². The van der Waals surface area contributed by atoms with Crippen molar-refractivity contribution in [1.29, 1.82) is 0 Å². The molecule has 0 radical (unpaired) electrons. The van der Waals surface area contributed by atoms with Gasteiger partial charge in [-0.1, -0.05) is 135 Å². The zero-order chi connectivity index (χ0) is 45.6. The lowest BCUT2D eigenvalue weighted by Crippen LogP contribution is -2.11. The van der Waals surface area contributed by atoms with E-state index in [0.29, 0.717) is 0 Å². The number of fused-ring (bicyclic) bond motifs is 18. The molecular formula is C63H52N4. The fourth-order valence-electron chi connectivity index (χ4n) is 11.9. The molecule has 6 heterocycles. The van der Waals surface area contributed by atoms with Crippen LogP contribution < -0.4 is 0 Å². The maximum atomic E-state index is 5.60. The lowest BCUT2D eigenvalue weighted by molar-refractivity contribution is 0.590. The highest BCUT2D eigenvalue weighted by Gasteiger charge is 2.30. The molecule has 67 heavy (non-hydrogen) atoms. The number of benzene rings is 8. The molecule has 14 rings (SSSR count). The van der Waals surface area contributed by atoms with Crippen LogP contribution in [0.3, 0.4) is 0 Å². The van der Waals surface area contributed by atoms with Crippen molar-refractivity contribution < 1.29 is 0 Å². The SMILES string of the molecule is CC(C)(C)c1ccc2c(c1)c1cc(C(C)(C)C)cc3c4c5c6c7ccccc7cc7c8cc(C(C)(C)C)cc(-c9ccc%10c(c9)c9ccccc9n%10-c9ccccc9)c8n(c5cnc4n2c13)c76. The lowest BCUT2D eigenvalue weighted by Gasteiger charge is -2.21. The first-order chi connectivity index (χ1) is 32.1. The molecule has 0 amide bonds. The van der Waals surface area contributed by atoms with Crippen LogP contribution in [0.1, 0.15) is 79.0 Å². The molecule has 0 aliphatic rings. The number of para-hydroxylation sites is 2. The summed E-state index contributed by atoms with van der Waals surface area (Å²) in [6, 6.07) is 55.4. The van der Waals surface area contributed by atoms with E-state index in [0.717, 1.165) is 11.2 Å². The van der Waals surface area contributed by atoms with Gasteiger partial charge in [0.1, 0.15) is 5.65 Å². The summed E-state index contributed by atoms with van der Waals surface area (Å²) in [6.07, 6.45) is 2.19. The number of aromatic nitrogens is 4. The fourth-order valence-corrected chi connectivity index (χ4v) is 11.9. The highest BCUT2D eigenvalue weighted by molar-refractivity contribution is 6.39. The Labute approximate surface area is 389 Å². The normalized spacial score (nSPS) is 13.4. The Hall–Kier alpha value is -7.43. The Morgan fingerprint density at radius 1 is 0.373 bits per heavy atom. The zero-order valence-corrected chi connectivity index (χ0v) is 39.7. The molecule has 4 nitrogen and oxygen atoms in total. The van der Waals surface area contributed by atoms with Crippen LogP contribution in [0.5, 0.6) is 0 Å². The van der Waals surface area contributed by atoms with Gasteiger partial charge in [0, 0.05) is 65.1 Å². The van der Waals surface area contributed by atoms with E-state index in [1.165, 1.54) is 131 Å². The second-order valence-corrected chi connectivity index (χ2v) is 22.5. The standard InChI is InChI=1S/C63H52N4/c1-61(2,3)37-24-26-52-45(29-37)47-31-39(63(7,8)9)33-49-55-56-53(34-64-60(55)67(52)58(47)49)66-57-43(30-38(62(4,5)6)32-48(57)46-28-35-17-13-14-20-41(35)54(56)59(46)66)36-23-25-51-44(27-36)42-21-15-16-22-50(42)65(51)40-18-11-10-12-19-40/h10-34H,1-9H3. The first-order valence-electron chi connectivity index (χ1n) is 24.0. The molecule has 0 atom stereocenters. The molecule has 0 N–H and O–H groups in total. The van der Waals surface area contributed by atoms with Crippen LogP contribution in [0.25, 0.3) is 126 Å². The molecule has 0 aliphatic heterocycles. The van der Waals surface area contributed by atoms with Gasteiger partial charge >= 0.3 is 0 Å². The second kappa shape index (κ2) is 12.7. The Balaban J connectivity index is 1.18. The Morgan fingerprint density at radius 3 is 1.73 bits per heavy atom. The van der Waals surface area contributed by atoms with Crippen LogP contribution >= 0.6 is 0 Å². The van der Waals surface area contributed by atoms with E-state index in [1.54, 1.807) is 0 Å². The molecule has 0 saturated carbocycles. The summed E-state index contributed by atoms with van der Waals surface area (Å²) in [4.78, 5) is 5.60. The van der Waals surface area contributed by atoms with Crippen molar-refractivity contribution >= 4 is 109 Å². The van der Waals surface area contributed by atoms with Gasteiger partial charge in [-0.15, -0.1) is 0 Å². The monoisotopic (exact) mass is 864 g/mol. The van der Waals surface area contributed by atoms with Crippen LogP contribution in [0.2, 0.25) is 0 Å². The average Bonchev–Trinajstić information content (AvgIpc) is 4.10. The van der Waals surface area contributed by atoms with Crippen LogP contribution in [0.4, 0.5) is 0 Å². The summed E-state index contributed by atoms with van der Waals surface area (Å²) in [5.41, 5.74) is 17.1. The van der Waals surface area contributed by atoms with Crippen molar-refractivity contribution in [3.05, 3.63) is 168 Å². The van der Waals surface area contributed by atoms with Crippen LogP contribution in [-0.2, 0) is 16.2 Å². The molecular weight excluding hydrogens is 813 g/mol. The van der Waals surface area contributed by atoms with Crippen molar-refractivity contribution in [2.45, 2.75) is 78.6 Å². The largest absolute Gasteiger partial charge is 0.309 e. The minimum atomic E-state index is -0.0811. The Kier molecular flexibility index (Phi) is 7.36. The highest BCUT2D eigenvalue weighted by atomic mass is 15.0. The minimum Gasteiger partial charge on any atom is -0.309 e. The van der Waals surface area contributed by atoms with Gasteiger partial charge < -0.3 is 8.97 Å². The van der Waals surface area contributed by atoms with Crippen molar-refractivity contribution in [3.8, 4) is 16.8 Å². The van der Waals surface area contributed by atoms with Gasteiger partial charge in [0.15, 0.2) is 0 Å². The smallest absolute Gasteiger partial charge is 0.146 e. The topological polar surface area (TPSA) is 26.6 Å². The fraction of sp³-hybridized carbons (Fsp3) is 0.190. The number of pyridine rings is 1. The average molecular weight is 865 g/mol. The minimum absolute atomic E-state index is 0.0312. The van der Waals surface area contributed by atoms with E-state index in [9.17, 15) is 0 Å². The maximum absolute atomic E-state index is 5.60. The zero-order valence-electron chi connectivity index (χ0n) is 39.7. The number of rotatable bonds is 2. The van der Waals surface area contributed by atoms with Crippen LogP contribution in [0, 0.1) is 0 Å². The van der Waals surface area contributed by atoms with Gasteiger partial charge in [-0.25, -0.2) is 4.98 Å². The first-order valence-corrected chi connectivity index (χ1v) is 24.0. The van der Waals surface area contributed by atoms with Crippen molar-refractivity contribution in [2.75, 3.05) is 0 Å². The Morgan fingerprint density at radius 2 is 0.970 bits per heavy atom. The molecule has 324 valence electrons. The van der Waals surface area contributed by atoms with Crippen molar-refractivity contribution in [1.82, 2.24) is 18.4 Å². The van der Waals surface area contributed by atoms with E-state index in [-0.39, 0.29) is 16.2 Å². The molecule has 14 aromatic rings. The summed E-state index contributed by atoms with van der Waals surface area (Å²) >= 11 is 0. The van der Waals surface area contributed by atoms with Gasteiger partial charge in [0.05, 0.1) is 44.8 Å². The molecule has 0 unspecified atom stereocenters. The summed E-state index contributed by atoms with van der Waals surface area (Å²) in [5, 5.41) is 15.3. The third kappa shape index (κ3) is 5.11.